The van der Waals surface area contributed by atoms with Crippen molar-refractivity contribution in [3.05, 3.63) is 60.6 Å². The Morgan fingerprint density at radius 2 is 1.81 bits per heavy atom. The van der Waals surface area contributed by atoms with Crippen LogP contribution < -0.4 is 10.5 Å². The van der Waals surface area contributed by atoms with Crippen molar-refractivity contribution in [1.29, 1.82) is 0 Å². The van der Waals surface area contributed by atoms with Crippen LogP contribution in [0.1, 0.15) is 10.5 Å². The zero-order valence-electron chi connectivity index (χ0n) is 13.1. The lowest BCUT2D eigenvalue weighted by molar-refractivity contribution is -0.276. The maximum absolute atomic E-state index is 12.6. The van der Waals surface area contributed by atoms with E-state index in [0.29, 0.717) is 17.0 Å². The van der Waals surface area contributed by atoms with Crippen molar-refractivity contribution in [3.8, 4) is 28.4 Å². The van der Waals surface area contributed by atoms with Crippen molar-refractivity contribution in [1.82, 2.24) is 15.0 Å². The number of alkyl halides is 3. The summed E-state index contributed by atoms with van der Waals surface area (Å²) in [7, 11) is 0. The van der Waals surface area contributed by atoms with E-state index in [1.807, 2.05) is 0 Å². The number of hydrogen-bond acceptors (Lipinski definition) is 5. The van der Waals surface area contributed by atoms with Crippen molar-refractivity contribution < 1.29 is 22.7 Å². The van der Waals surface area contributed by atoms with Gasteiger partial charge < -0.3 is 10.5 Å². The maximum atomic E-state index is 12.6. The number of primary amides is 1. The van der Waals surface area contributed by atoms with Crippen molar-refractivity contribution in [2.75, 3.05) is 0 Å². The van der Waals surface area contributed by atoms with Crippen LogP contribution in [0.5, 0.6) is 5.88 Å². The number of amides is 1. The number of ether oxygens (including phenoxy) is 1. The number of nitrogens with zero attached hydrogens (tertiary/aromatic N) is 3. The fourth-order valence-corrected chi connectivity index (χ4v) is 2.30. The maximum Gasteiger partial charge on any atom is 0.574 e. The minimum Gasteiger partial charge on any atom is -0.388 e. The first kappa shape index (κ1) is 17.3. The van der Waals surface area contributed by atoms with Crippen LogP contribution in [0.25, 0.3) is 22.5 Å². The number of hydrogen-bond donors (Lipinski definition) is 1. The zero-order chi connectivity index (χ0) is 18.7. The summed E-state index contributed by atoms with van der Waals surface area (Å²) in [5.41, 5.74) is 6.43. The first-order valence-corrected chi connectivity index (χ1v) is 7.28. The third-order valence-electron chi connectivity index (χ3n) is 3.30. The lowest BCUT2D eigenvalue weighted by atomic mass is 10.0. The summed E-state index contributed by atoms with van der Waals surface area (Å²) in [6, 6.07) is 10.7. The summed E-state index contributed by atoms with van der Waals surface area (Å²) < 4.78 is 41.5. The van der Waals surface area contributed by atoms with Crippen molar-refractivity contribution in [2.45, 2.75) is 6.36 Å². The molecule has 6 nitrogen and oxygen atoms in total. The highest BCUT2D eigenvalue weighted by atomic mass is 19.4. The van der Waals surface area contributed by atoms with E-state index in [2.05, 4.69) is 19.7 Å². The average Bonchev–Trinajstić information content (AvgIpc) is 2.60. The van der Waals surface area contributed by atoms with Gasteiger partial charge in [0, 0.05) is 24.0 Å². The fourth-order valence-electron chi connectivity index (χ4n) is 2.30. The summed E-state index contributed by atoms with van der Waals surface area (Å²) in [4.78, 5) is 23.4. The SMILES string of the molecule is NC(=O)c1cc(-c2cccnc2-c2ccccn2)cc(OC(F)(F)F)n1. The van der Waals surface area contributed by atoms with Crippen LogP contribution in [0, 0.1) is 0 Å². The Hall–Kier alpha value is -3.49. The molecule has 9 heteroatoms. The van der Waals surface area contributed by atoms with Gasteiger partial charge in [0.15, 0.2) is 0 Å². The molecule has 132 valence electrons. The van der Waals surface area contributed by atoms with E-state index in [0.717, 1.165) is 6.07 Å². The van der Waals surface area contributed by atoms with Crippen LogP contribution in [0.2, 0.25) is 0 Å². The predicted octanol–water partition coefficient (Wildman–Crippen LogP) is 3.20. The molecule has 3 heterocycles. The number of carbonyl (C=O) groups excluding carboxylic acids is 1. The number of carbonyl (C=O) groups is 1. The van der Waals surface area contributed by atoms with Crippen LogP contribution in [0.4, 0.5) is 13.2 Å². The molecule has 0 atom stereocenters. The second kappa shape index (κ2) is 6.79. The Morgan fingerprint density at radius 1 is 1.04 bits per heavy atom. The molecule has 3 aromatic heterocycles. The van der Waals surface area contributed by atoms with Gasteiger partial charge in [0.05, 0.1) is 11.4 Å². The van der Waals surface area contributed by atoms with Crippen LogP contribution >= 0.6 is 0 Å². The number of rotatable bonds is 4. The molecular formula is C17H11F3N4O2. The summed E-state index contributed by atoms with van der Waals surface area (Å²) in [5.74, 6) is -1.78. The van der Waals surface area contributed by atoms with Crippen LogP contribution in [-0.2, 0) is 0 Å². The molecule has 0 aliphatic heterocycles. The van der Waals surface area contributed by atoms with Crippen molar-refractivity contribution >= 4 is 5.91 Å². The van der Waals surface area contributed by atoms with Gasteiger partial charge in [-0.15, -0.1) is 13.2 Å². The lowest BCUT2D eigenvalue weighted by Gasteiger charge is -2.12. The molecule has 26 heavy (non-hydrogen) atoms. The first-order chi connectivity index (χ1) is 12.3. The van der Waals surface area contributed by atoms with E-state index in [9.17, 15) is 18.0 Å². The lowest BCUT2D eigenvalue weighted by Crippen LogP contribution is -2.20. The second-order valence-corrected chi connectivity index (χ2v) is 5.11. The highest BCUT2D eigenvalue weighted by molar-refractivity contribution is 5.93. The third kappa shape index (κ3) is 3.94. The molecule has 3 aromatic rings. The molecule has 0 aromatic carbocycles. The minimum absolute atomic E-state index is 0.238. The fraction of sp³-hybridized carbons (Fsp3) is 0.0588. The monoisotopic (exact) mass is 360 g/mol. The van der Waals surface area contributed by atoms with Crippen LogP contribution in [-0.4, -0.2) is 27.2 Å². The van der Waals surface area contributed by atoms with Gasteiger partial charge in [-0.1, -0.05) is 12.1 Å². The summed E-state index contributed by atoms with van der Waals surface area (Å²) in [5, 5.41) is 0. The zero-order valence-corrected chi connectivity index (χ0v) is 13.1. The number of nitrogens with two attached hydrogens (primary N) is 1. The van der Waals surface area contributed by atoms with E-state index in [4.69, 9.17) is 5.73 Å². The molecule has 0 spiro atoms. The standard InChI is InChI=1S/C17H11F3N4O2/c18-17(19,20)26-14-9-10(8-13(24-14)16(21)25)11-4-3-7-23-15(11)12-5-1-2-6-22-12/h1-9H,(H2,21,25). The average molecular weight is 360 g/mol. The topological polar surface area (TPSA) is 91.0 Å². The van der Waals surface area contributed by atoms with Crippen molar-refractivity contribution in [3.63, 3.8) is 0 Å². The largest absolute Gasteiger partial charge is 0.574 e. The van der Waals surface area contributed by atoms with E-state index in [1.165, 1.54) is 12.3 Å². The number of aromatic nitrogens is 3. The molecular weight excluding hydrogens is 349 g/mol. The molecule has 0 aliphatic carbocycles. The highest BCUT2D eigenvalue weighted by Gasteiger charge is 2.32. The van der Waals surface area contributed by atoms with E-state index in [-0.39, 0.29) is 11.3 Å². The second-order valence-electron chi connectivity index (χ2n) is 5.11. The van der Waals surface area contributed by atoms with E-state index < -0.39 is 18.1 Å². The Kier molecular flexibility index (Phi) is 4.53. The Labute approximate surface area is 145 Å². The van der Waals surface area contributed by atoms with E-state index in [1.54, 1.807) is 36.5 Å². The molecule has 0 unspecified atom stereocenters. The van der Waals surface area contributed by atoms with Gasteiger partial charge in [0.1, 0.15) is 5.69 Å². The third-order valence-corrected chi connectivity index (χ3v) is 3.30. The van der Waals surface area contributed by atoms with Crippen LogP contribution in [0.15, 0.2) is 54.9 Å². The quantitative estimate of drug-likeness (QED) is 0.771. The normalized spacial score (nSPS) is 11.2. The smallest absolute Gasteiger partial charge is 0.388 e. The summed E-state index contributed by atoms with van der Waals surface area (Å²) >= 11 is 0. The molecule has 2 N–H and O–H groups in total. The van der Waals surface area contributed by atoms with Gasteiger partial charge in [-0.2, -0.15) is 0 Å². The predicted molar refractivity (Wildman–Crippen MR) is 85.9 cm³/mol. The molecule has 0 fully saturated rings. The molecule has 1 amide bonds. The molecule has 0 saturated heterocycles. The van der Waals surface area contributed by atoms with Gasteiger partial charge >= 0.3 is 6.36 Å². The highest BCUT2D eigenvalue weighted by Crippen LogP contribution is 2.32. The van der Waals surface area contributed by atoms with Gasteiger partial charge in [-0.05, 0) is 29.8 Å². The Balaban J connectivity index is 2.17. The van der Waals surface area contributed by atoms with E-state index >= 15 is 0 Å². The van der Waals surface area contributed by atoms with Gasteiger partial charge in [0.2, 0.25) is 5.88 Å². The molecule has 3 rings (SSSR count). The van der Waals surface area contributed by atoms with Crippen molar-refractivity contribution in [2.24, 2.45) is 5.73 Å². The first-order valence-electron chi connectivity index (χ1n) is 7.28. The van der Waals surface area contributed by atoms with Gasteiger partial charge in [-0.25, -0.2) is 4.98 Å². The molecule has 0 aliphatic rings. The minimum atomic E-state index is -4.96. The Morgan fingerprint density at radius 3 is 2.46 bits per heavy atom. The van der Waals surface area contributed by atoms with Crippen LogP contribution in [0.3, 0.4) is 0 Å². The summed E-state index contributed by atoms with van der Waals surface area (Å²) in [6.07, 6.45) is -1.87. The summed E-state index contributed by atoms with van der Waals surface area (Å²) in [6.45, 7) is 0. The molecule has 0 saturated carbocycles. The number of halogens is 3. The molecule has 0 radical (unpaired) electrons. The molecule has 0 bridgehead atoms. The van der Waals surface area contributed by atoms with Gasteiger partial charge in [-0.3, -0.25) is 14.8 Å². The Bertz CT molecular complexity index is 946. The number of pyridine rings is 3. The van der Waals surface area contributed by atoms with Gasteiger partial charge in [0.25, 0.3) is 5.91 Å².